The van der Waals surface area contributed by atoms with Gasteiger partial charge in [0.1, 0.15) is 6.10 Å². The molecule has 0 spiro atoms. The van der Waals surface area contributed by atoms with Gasteiger partial charge in [0.05, 0.1) is 0 Å². The minimum Gasteiger partial charge on any atom is -0.463 e. The summed E-state index contributed by atoms with van der Waals surface area (Å²) in [5.41, 5.74) is 0. The van der Waals surface area contributed by atoms with Crippen LogP contribution in [0.25, 0.3) is 0 Å². The van der Waals surface area contributed by atoms with Crippen molar-refractivity contribution in [2.75, 3.05) is 0 Å². The first-order valence-electron chi connectivity index (χ1n) is 2.96. The van der Waals surface area contributed by atoms with Crippen molar-refractivity contribution in [2.45, 2.75) is 32.3 Å². The van der Waals surface area contributed by atoms with Crippen LogP contribution >= 0.6 is 0 Å². The number of carbonyl (C=O) groups excluding carboxylic acids is 1. The molecule has 0 aromatic rings. The van der Waals surface area contributed by atoms with Gasteiger partial charge in [-0.05, 0) is 19.3 Å². The van der Waals surface area contributed by atoms with E-state index in [1.54, 1.807) is 0 Å². The van der Waals surface area contributed by atoms with Gasteiger partial charge in [0.2, 0.25) is 0 Å². The molecule has 1 aliphatic carbocycles. The van der Waals surface area contributed by atoms with E-state index in [1.807, 2.05) is 0 Å². The topological polar surface area (TPSA) is 26.3 Å². The van der Waals surface area contributed by atoms with Crippen LogP contribution in [0.2, 0.25) is 0 Å². The molecule has 0 atom stereocenters. The quantitative estimate of drug-likeness (QED) is 0.477. The van der Waals surface area contributed by atoms with Crippen LogP contribution in [-0.4, -0.2) is 12.1 Å². The molecule has 0 heterocycles. The van der Waals surface area contributed by atoms with E-state index >= 15 is 0 Å². The summed E-state index contributed by atoms with van der Waals surface area (Å²) in [7, 11) is 0. The lowest BCUT2D eigenvalue weighted by Gasteiger charge is -2.24. The van der Waals surface area contributed by atoms with Crippen LogP contribution in [0.4, 0.5) is 0 Å². The zero-order valence-corrected chi connectivity index (χ0v) is 5.02. The monoisotopic (exact) mass is 114 g/mol. The summed E-state index contributed by atoms with van der Waals surface area (Å²) < 4.78 is 4.85. The molecule has 0 N–H and O–H groups in total. The highest BCUT2D eigenvalue weighted by Crippen LogP contribution is 2.21. The minimum atomic E-state index is -0.144. The predicted octanol–water partition coefficient (Wildman–Crippen LogP) is 1.10. The maximum atomic E-state index is 10.2. The summed E-state index contributed by atoms with van der Waals surface area (Å²) in [6, 6.07) is 0. The summed E-state index contributed by atoms with van der Waals surface area (Å²) in [5, 5.41) is 0. The van der Waals surface area contributed by atoms with Crippen LogP contribution in [-0.2, 0) is 9.53 Å². The van der Waals surface area contributed by atoms with Crippen LogP contribution < -0.4 is 0 Å². The zero-order chi connectivity index (χ0) is 5.98. The second-order valence-corrected chi connectivity index (χ2v) is 2.16. The van der Waals surface area contributed by atoms with E-state index in [-0.39, 0.29) is 12.1 Å². The van der Waals surface area contributed by atoms with Crippen LogP contribution in [0.1, 0.15) is 26.2 Å². The van der Waals surface area contributed by atoms with Gasteiger partial charge in [-0.3, -0.25) is 4.79 Å². The SMILES string of the molecule is CC(=O)OC1CCC1. The van der Waals surface area contributed by atoms with E-state index in [0.717, 1.165) is 12.8 Å². The van der Waals surface area contributed by atoms with Crippen LogP contribution in [0.15, 0.2) is 0 Å². The van der Waals surface area contributed by atoms with Crippen LogP contribution in [0, 0.1) is 0 Å². The smallest absolute Gasteiger partial charge is 0.302 e. The minimum absolute atomic E-state index is 0.144. The normalized spacial score (nSPS) is 19.6. The van der Waals surface area contributed by atoms with Gasteiger partial charge in [-0.2, -0.15) is 0 Å². The maximum absolute atomic E-state index is 10.2. The molecule has 1 aliphatic rings. The predicted molar refractivity (Wildman–Crippen MR) is 29.4 cm³/mol. The first-order valence-corrected chi connectivity index (χ1v) is 2.96. The van der Waals surface area contributed by atoms with E-state index in [1.165, 1.54) is 13.3 Å². The van der Waals surface area contributed by atoms with E-state index in [4.69, 9.17) is 4.74 Å². The highest BCUT2D eigenvalue weighted by molar-refractivity contribution is 5.66. The third kappa shape index (κ3) is 1.22. The average molecular weight is 114 g/mol. The van der Waals surface area contributed by atoms with Gasteiger partial charge in [0.15, 0.2) is 0 Å². The first-order chi connectivity index (χ1) is 3.79. The fourth-order valence-corrected chi connectivity index (χ4v) is 0.723. The van der Waals surface area contributed by atoms with E-state index in [2.05, 4.69) is 0 Å². The highest BCUT2D eigenvalue weighted by atomic mass is 16.5. The van der Waals surface area contributed by atoms with Crippen molar-refractivity contribution in [3.63, 3.8) is 0 Å². The molecule has 1 saturated carbocycles. The summed E-state index contributed by atoms with van der Waals surface area (Å²) >= 11 is 0. The molecular formula is C6H10O2. The van der Waals surface area contributed by atoms with Crippen LogP contribution in [0.5, 0.6) is 0 Å². The molecule has 0 aliphatic heterocycles. The standard InChI is InChI=1S/C6H10O2/c1-5(7)8-6-3-2-4-6/h6H,2-4H2,1H3. The lowest BCUT2D eigenvalue weighted by Crippen LogP contribution is -2.23. The summed E-state index contributed by atoms with van der Waals surface area (Å²) in [6.07, 6.45) is 3.62. The highest BCUT2D eigenvalue weighted by Gasteiger charge is 2.19. The molecule has 1 fully saturated rings. The van der Waals surface area contributed by atoms with Crippen molar-refractivity contribution < 1.29 is 9.53 Å². The molecule has 0 radical (unpaired) electrons. The van der Waals surface area contributed by atoms with E-state index in [0.29, 0.717) is 0 Å². The van der Waals surface area contributed by atoms with Gasteiger partial charge in [-0.15, -0.1) is 0 Å². The summed E-state index contributed by atoms with van der Waals surface area (Å²) in [4.78, 5) is 10.2. The number of rotatable bonds is 1. The molecule has 1 rings (SSSR count). The van der Waals surface area contributed by atoms with E-state index in [9.17, 15) is 4.79 Å². The van der Waals surface area contributed by atoms with E-state index < -0.39 is 0 Å². The number of hydrogen-bond acceptors (Lipinski definition) is 2. The second kappa shape index (κ2) is 2.16. The van der Waals surface area contributed by atoms with Gasteiger partial charge in [-0.25, -0.2) is 0 Å². The van der Waals surface area contributed by atoms with Crippen LogP contribution in [0.3, 0.4) is 0 Å². The van der Waals surface area contributed by atoms with Crippen molar-refractivity contribution in [3.8, 4) is 0 Å². The largest absolute Gasteiger partial charge is 0.463 e. The maximum Gasteiger partial charge on any atom is 0.302 e. The third-order valence-corrected chi connectivity index (χ3v) is 1.38. The lowest BCUT2D eigenvalue weighted by atomic mass is 9.96. The van der Waals surface area contributed by atoms with Crippen molar-refractivity contribution in [1.29, 1.82) is 0 Å². The Morgan fingerprint density at radius 1 is 1.62 bits per heavy atom. The van der Waals surface area contributed by atoms with Gasteiger partial charge in [-0.1, -0.05) is 0 Å². The van der Waals surface area contributed by atoms with Crippen molar-refractivity contribution in [1.82, 2.24) is 0 Å². The number of carbonyl (C=O) groups is 1. The Morgan fingerprint density at radius 2 is 2.25 bits per heavy atom. The number of esters is 1. The molecule has 0 amide bonds. The molecule has 0 unspecified atom stereocenters. The fourth-order valence-electron chi connectivity index (χ4n) is 0.723. The lowest BCUT2D eigenvalue weighted by molar-refractivity contribution is -0.150. The third-order valence-electron chi connectivity index (χ3n) is 1.38. The Bertz CT molecular complexity index is 94.7. The molecule has 2 nitrogen and oxygen atoms in total. The van der Waals surface area contributed by atoms with Gasteiger partial charge in [0, 0.05) is 6.92 Å². The number of ether oxygens (including phenoxy) is 1. The van der Waals surface area contributed by atoms with Crippen molar-refractivity contribution in [3.05, 3.63) is 0 Å². The van der Waals surface area contributed by atoms with Gasteiger partial charge in [0.25, 0.3) is 0 Å². The summed E-state index contributed by atoms with van der Waals surface area (Å²) in [6.45, 7) is 1.46. The Balaban J connectivity index is 2.09. The molecule has 0 bridgehead atoms. The van der Waals surface area contributed by atoms with Crippen molar-refractivity contribution in [2.24, 2.45) is 0 Å². The second-order valence-electron chi connectivity index (χ2n) is 2.16. The molecule has 2 heteroatoms. The van der Waals surface area contributed by atoms with Gasteiger partial charge < -0.3 is 4.74 Å². The fraction of sp³-hybridized carbons (Fsp3) is 0.833. The Hall–Kier alpha value is -0.530. The Labute approximate surface area is 48.8 Å². The molecule has 8 heavy (non-hydrogen) atoms. The van der Waals surface area contributed by atoms with Gasteiger partial charge >= 0.3 is 5.97 Å². The zero-order valence-electron chi connectivity index (χ0n) is 5.02. The number of hydrogen-bond donors (Lipinski definition) is 0. The molecule has 0 aromatic heterocycles. The Morgan fingerprint density at radius 3 is 2.38 bits per heavy atom. The molecule has 0 saturated heterocycles. The molecule has 46 valence electrons. The molecular weight excluding hydrogens is 104 g/mol. The Kier molecular flexibility index (Phi) is 1.51. The van der Waals surface area contributed by atoms with Crippen molar-refractivity contribution >= 4 is 5.97 Å². The molecule has 0 aromatic carbocycles. The summed E-state index contributed by atoms with van der Waals surface area (Å²) in [5.74, 6) is -0.144. The average Bonchev–Trinajstić information content (AvgIpc) is 1.55. The first kappa shape index (κ1) is 5.60.